The van der Waals surface area contributed by atoms with Gasteiger partial charge in [-0.3, -0.25) is 0 Å². The van der Waals surface area contributed by atoms with Crippen LogP contribution in [0.3, 0.4) is 0 Å². The molecular formula is C17H15ClO3. The highest BCUT2D eigenvalue weighted by Gasteiger charge is 2.04. The van der Waals surface area contributed by atoms with Crippen molar-refractivity contribution < 1.29 is 14.6 Å². The number of methoxy groups -OCH3 is 1. The Balaban J connectivity index is 2.15. The largest absolute Gasteiger partial charge is 0.495 e. The maximum Gasteiger partial charge on any atom is 0.138 e. The number of ether oxygens (including phenoxy) is 2. The lowest BCUT2D eigenvalue weighted by atomic mass is 10.1. The molecule has 0 aliphatic carbocycles. The van der Waals surface area contributed by atoms with Crippen molar-refractivity contribution in [1.82, 2.24) is 0 Å². The number of hydrogen-bond acceptors (Lipinski definition) is 3. The molecule has 0 saturated carbocycles. The third-order valence-corrected chi connectivity index (χ3v) is 3.11. The van der Waals surface area contributed by atoms with Gasteiger partial charge in [-0.15, -0.1) is 0 Å². The molecule has 21 heavy (non-hydrogen) atoms. The van der Waals surface area contributed by atoms with E-state index in [1.54, 1.807) is 13.2 Å². The molecule has 0 radical (unpaired) electrons. The molecule has 0 amide bonds. The number of aliphatic hydroxyl groups excluding tert-OH is 1. The zero-order chi connectivity index (χ0) is 15.1. The predicted molar refractivity (Wildman–Crippen MR) is 82.7 cm³/mol. The summed E-state index contributed by atoms with van der Waals surface area (Å²) >= 11 is 6.04. The zero-order valence-corrected chi connectivity index (χ0v) is 12.4. The molecule has 0 saturated heterocycles. The fourth-order valence-electron chi connectivity index (χ4n) is 1.80. The van der Waals surface area contributed by atoms with Crippen LogP contribution >= 0.6 is 11.6 Å². The first-order valence-corrected chi connectivity index (χ1v) is 6.76. The smallest absolute Gasteiger partial charge is 0.138 e. The molecule has 0 unspecified atom stereocenters. The molecule has 0 bridgehead atoms. The van der Waals surface area contributed by atoms with Crippen LogP contribution < -0.4 is 9.47 Å². The van der Waals surface area contributed by atoms with Crippen LogP contribution in [-0.2, 0) is 6.61 Å². The fourth-order valence-corrected chi connectivity index (χ4v) is 1.99. The maximum atomic E-state index is 8.79. The predicted octanol–water partition coefficient (Wildman–Crippen LogP) is 3.27. The average Bonchev–Trinajstić information content (AvgIpc) is 2.52. The monoisotopic (exact) mass is 302 g/mol. The van der Waals surface area contributed by atoms with E-state index in [1.807, 2.05) is 36.4 Å². The van der Waals surface area contributed by atoms with Crippen LogP contribution in [0.2, 0.25) is 5.02 Å². The Hall–Kier alpha value is -2.15. The van der Waals surface area contributed by atoms with Crippen LogP contribution in [0.25, 0.3) is 0 Å². The van der Waals surface area contributed by atoms with E-state index in [1.165, 1.54) is 0 Å². The molecule has 0 heterocycles. The number of aliphatic hydroxyl groups is 1. The van der Waals surface area contributed by atoms with Gasteiger partial charge in [-0.1, -0.05) is 41.6 Å². The standard InChI is InChI=1S/C17H15ClO3/c1-20-16-9-8-13(11-14(16)5-4-10-19)12-21-17-7-3-2-6-15(17)18/h2-3,6-9,11,19H,10,12H2,1H3. The molecule has 2 rings (SSSR count). The van der Waals surface area contributed by atoms with Crippen LogP contribution in [0.15, 0.2) is 42.5 Å². The van der Waals surface area contributed by atoms with Crippen LogP contribution in [-0.4, -0.2) is 18.8 Å². The first-order valence-electron chi connectivity index (χ1n) is 6.38. The minimum Gasteiger partial charge on any atom is -0.495 e. The van der Waals surface area contributed by atoms with Crippen LogP contribution in [0, 0.1) is 11.8 Å². The summed E-state index contributed by atoms with van der Waals surface area (Å²) in [4.78, 5) is 0. The Labute approximate surface area is 129 Å². The molecule has 4 heteroatoms. The van der Waals surface area contributed by atoms with Crippen molar-refractivity contribution in [2.24, 2.45) is 0 Å². The van der Waals surface area contributed by atoms with E-state index in [2.05, 4.69) is 11.8 Å². The Morgan fingerprint density at radius 2 is 1.95 bits per heavy atom. The topological polar surface area (TPSA) is 38.7 Å². The number of rotatable bonds is 4. The quantitative estimate of drug-likeness (QED) is 0.881. The van der Waals surface area contributed by atoms with Crippen molar-refractivity contribution in [3.8, 4) is 23.3 Å². The van der Waals surface area contributed by atoms with Crippen molar-refractivity contribution in [2.75, 3.05) is 13.7 Å². The summed E-state index contributed by atoms with van der Waals surface area (Å²) in [5, 5.41) is 9.36. The molecule has 3 nitrogen and oxygen atoms in total. The van der Waals surface area contributed by atoms with Gasteiger partial charge in [0.05, 0.1) is 17.7 Å². The van der Waals surface area contributed by atoms with E-state index in [0.29, 0.717) is 28.7 Å². The summed E-state index contributed by atoms with van der Waals surface area (Å²) < 4.78 is 10.9. The number of benzene rings is 2. The van der Waals surface area contributed by atoms with Gasteiger partial charge in [0, 0.05) is 0 Å². The highest BCUT2D eigenvalue weighted by atomic mass is 35.5. The summed E-state index contributed by atoms with van der Waals surface area (Å²) in [6.45, 7) is 0.186. The van der Waals surface area contributed by atoms with E-state index < -0.39 is 0 Å². The van der Waals surface area contributed by atoms with Gasteiger partial charge in [-0.25, -0.2) is 0 Å². The number of hydrogen-bond donors (Lipinski definition) is 1. The lowest BCUT2D eigenvalue weighted by Crippen LogP contribution is -1.98. The van der Waals surface area contributed by atoms with E-state index >= 15 is 0 Å². The maximum absolute atomic E-state index is 8.79. The Kier molecular flexibility index (Phi) is 5.51. The number of para-hydroxylation sites is 1. The van der Waals surface area contributed by atoms with Crippen molar-refractivity contribution in [2.45, 2.75) is 6.61 Å². The van der Waals surface area contributed by atoms with Crippen LogP contribution in [0.5, 0.6) is 11.5 Å². The molecule has 0 aliphatic heterocycles. The molecule has 1 N–H and O–H groups in total. The van der Waals surface area contributed by atoms with E-state index in [-0.39, 0.29) is 6.61 Å². The van der Waals surface area contributed by atoms with Gasteiger partial charge in [0.1, 0.15) is 24.7 Å². The Bertz CT molecular complexity index is 671. The summed E-state index contributed by atoms with van der Waals surface area (Å²) in [6, 6.07) is 12.9. The van der Waals surface area contributed by atoms with E-state index in [4.69, 9.17) is 26.2 Å². The lowest BCUT2D eigenvalue weighted by molar-refractivity contribution is 0.306. The van der Waals surface area contributed by atoms with Gasteiger partial charge in [0.2, 0.25) is 0 Å². The summed E-state index contributed by atoms with van der Waals surface area (Å²) in [5.41, 5.74) is 1.66. The van der Waals surface area contributed by atoms with Gasteiger partial charge < -0.3 is 14.6 Å². The summed E-state index contributed by atoms with van der Waals surface area (Å²) in [7, 11) is 1.58. The summed E-state index contributed by atoms with van der Waals surface area (Å²) in [6.07, 6.45) is 0. The third kappa shape index (κ3) is 4.16. The van der Waals surface area contributed by atoms with E-state index in [0.717, 1.165) is 5.56 Å². The zero-order valence-electron chi connectivity index (χ0n) is 11.6. The van der Waals surface area contributed by atoms with Crippen LogP contribution in [0.1, 0.15) is 11.1 Å². The second-order valence-electron chi connectivity index (χ2n) is 4.21. The third-order valence-electron chi connectivity index (χ3n) is 2.80. The summed E-state index contributed by atoms with van der Waals surface area (Å²) in [5.74, 6) is 6.77. The minimum absolute atomic E-state index is 0.191. The Morgan fingerprint density at radius 1 is 1.14 bits per heavy atom. The number of halogens is 1. The van der Waals surface area contributed by atoms with Gasteiger partial charge in [-0.2, -0.15) is 0 Å². The molecular weight excluding hydrogens is 288 g/mol. The van der Waals surface area contributed by atoms with E-state index in [9.17, 15) is 0 Å². The molecule has 2 aromatic carbocycles. The van der Waals surface area contributed by atoms with Crippen molar-refractivity contribution in [3.05, 3.63) is 58.6 Å². The lowest BCUT2D eigenvalue weighted by Gasteiger charge is -2.09. The fraction of sp³-hybridized carbons (Fsp3) is 0.176. The molecule has 0 atom stereocenters. The van der Waals surface area contributed by atoms with Crippen molar-refractivity contribution in [3.63, 3.8) is 0 Å². The average molecular weight is 303 g/mol. The second kappa shape index (κ2) is 7.58. The first kappa shape index (κ1) is 15.2. The highest BCUT2D eigenvalue weighted by molar-refractivity contribution is 6.32. The first-order chi connectivity index (χ1) is 10.2. The van der Waals surface area contributed by atoms with Crippen molar-refractivity contribution >= 4 is 11.6 Å². The van der Waals surface area contributed by atoms with Gasteiger partial charge in [0.15, 0.2) is 0 Å². The highest BCUT2D eigenvalue weighted by Crippen LogP contribution is 2.25. The molecule has 2 aromatic rings. The molecule has 0 fully saturated rings. The van der Waals surface area contributed by atoms with Gasteiger partial charge in [0.25, 0.3) is 0 Å². The molecule has 108 valence electrons. The Morgan fingerprint density at radius 3 is 2.67 bits per heavy atom. The van der Waals surface area contributed by atoms with Crippen LogP contribution in [0.4, 0.5) is 0 Å². The minimum atomic E-state index is -0.191. The molecule has 0 aliphatic rings. The molecule has 0 spiro atoms. The SMILES string of the molecule is COc1ccc(COc2ccccc2Cl)cc1C#CCO. The van der Waals surface area contributed by atoms with Gasteiger partial charge in [-0.05, 0) is 29.8 Å². The van der Waals surface area contributed by atoms with Crippen molar-refractivity contribution in [1.29, 1.82) is 0 Å². The normalized spacial score (nSPS) is 9.67. The molecule has 0 aromatic heterocycles. The second-order valence-corrected chi connectivity index (χ2v) is 4.62. The van der Waals surface area contributed by atoms with Gasteiger partial charge >= 0.3 is 0 Å².